The molecule has 0 saturated carbocycles. The topological polar surface area (TPSA) is 27.3 Å². The largest absolute Gasteiger partial charge is 0.362 e. The molecule has 1 fully saturated rings. The normalized spacial score (nSPS) is 19.6. The number of thiocarbonyl (C=S) groups is 1. The first-order chi connectivity index (χ1) is 9.54. The van der Waals surface area contributed by atoms with Gasteiger partial charge in [0.1, 0.15) is 0 Å². The molecule has 0 aromatic heterocycles. The zero-order chi connectivity index (χ0) is 14.5. The van der Waals surface area contributed by atoms with Crippen LogP contribution in [-0.4, -0.2) is 36.7 Å². The maximum atomic E-state index is 5.40. The number of anilines is 1. The van der Waals surface area contributed by atoms with Crippen LogP contribution in [0.3, 0.4) is 0 Å². The van der Waals surface area contributed by atoms with E-state index < -0.39 is 0 Å². The molecule has 20 heavy (non-hydrogen) atoms. The average Bonchev–Trinajstić information content (AvgIpc) is 2.41. The quantitative estimate of drug-likeness (QED) is 0.837. The number of hydrogen-bond donors (Lipinski definition) is 2. The monoisotopic (exact) mass is 291 g/mol. The highest BCUT2D eigenvalue weighted by molar-refractivity contribution is 7.80. The minimum Gasteiger partial charge on any atom is -0.362 e. The molecule has 4 heteroatoms. The molecule has 0 bridgehead atoms. The summed E-state index contributed by atoms with van der Waals surface area (Å²) in [6, 6.07) is 6.38. The highest BCUT2D eigenvalue weighted by Crippen LogP contribution is 2.17. The van der Waals surface area contributed by atoms with Gasteiger partial charge in [-0.3, -0.25) is 0 Å². The van der Waals surface area contributed by atoms with Gasteiger partial charge in [-0.1, -0.05) is 12.1 Å². The molecule has 2 N–H and O–H groups in total. The average molecular weight is 291 g/mol. The van der Waals surface area contributed by atoms with Gasteiger partial charge < -0.3 is 15.5 Å². The summed E-state index contributed by atoms with van der Waals surface area (Å²) >= 11 is 5.40. The van der Waals surface area contributed by atoms with Crippen LogP contribution in [0.5, 0.6) is 0 Å². The summed E-state index contributed by atoms with van der Waals surface area (Å²) < 4.78 is 0. The maximum Gasteiger partial charge on any atom is 0.170 e. The molecule has 0 aliphatic carbocycles. The number of benzene rings is 1. The Bertz CT molecular complexity index is 473. The van der Waals surface area contributed by atoms with Crippen LogP contribution >= 0.6 is 12.2 Å². The van der Waals surface area contributed by atoms with Crippen LogP contribution in [0, 0.1) is 19.8 Å². The fraction of sp³-hybridized carbons (Fsp3) is 0.562. The lowest BCUT2D eigenvalue weighted by Crippen LogP contribution is -2.40. The van der Waals surface area contributed by atoms with Crippen molar-refractivity contribution in [3.8, 4) is 0 Å². The maximum absolute atomic E-state index is 5.40. The van der Waals surface area contributed by atoms with Gasteiger partial charge in [0.2, 0.25) is 0 Å². The van der Waals surface area contributed by atoms with Crippen LogP contribution in [0.4, 0.5) is 5.69 Å². The van der Waals surface area contributed by atoms with E-state index in [9.17, 15) is 0 Å². The van der Waals surface area contributed by atoms with Gasteiger partial charge in [0, 0.05) is 18.8 Å². The van der Waals surface area contributed by atoms with Crippen molar-refractivity contribution in [2.75, 3.05) is 32.0 Å². The third-order valence-corrected chi connectivity index (χ3v) is 4.16. The summed E-state index contributed by atoms with van der Waals surface area (Å²) in [6.45, 7) is 7.54. The van der Waals surface area contributed by atoms with Crippen LogP contribution in [-0.2, 0) is 0 Å². The first kappa shape index (κ1) is 15.3. The molecule has 0 amide bonds. The molecule has 1 unspecified atom stereocenters. The van der Waals surface area contributed by atoms with Crippen LogP contribution in [0.15, 0.2) is 18.2 Å². The van der Waals surface area contributed by atoms with Gasteiger partial charge in [0.25, 0.3) is 0 Å². The minimum atomic E-state index is 0.701. The lowest BCUT2D eigenvalue weighted by molar-refractivity contribution is 0.211. The van der Waals surface area contributed by atoms with Crippen molar-refractivity contribution in [3.63, 3.8) is 0 Å². The molecule has 1 atom stereocenters. The van der Waals surface area contributed by atoms with Crippen molar-refractivity contribution >= 4 is 23.0 Å². The SMILES string of the molecule is Cc1ccc(C)c(NC(=S)NCC2CCCN(C)C2)c1. The summed E-state index contributed by atoms with van der Waals surface area (Å²) in [5, 5.41) is 7.40. The van der Waals surface area contributed by atoms with Crippen molar-refractivity contribution in [3.05, 3.63) is 29.3 Å². The van der Waals surface area contributed by atoms with Crippen molar-refractivity contribution in [2.45, 2.75) is 26.7 Å². The van der Waals surface area contributed by atoms with Gasteiger partial charge in [-0.05, 0) is 75.6 Å². The summed E-state index contributed by atoms with van der Waals surface area (Å²) in [6.07, 6.45) is 2.59. The number of likely N-dealkylation sites (tertiary alicyclic amines) is 1. The summed E-state index contributed by atoms with van der Waals surface area (Å²) in [5.41, 5.74) is 3.57. The summed E-state index contributed by atoms with van der Waals surface area (Å²) in [5.74, 6) is 0.701. The highest BCUT2D eigenvalue weighted by atomic mass is 32.1. The number of nitrogens with one attached hydrogen (secondary N) is 2. The molecule has 1 aliphatic heterocycles. The van der Waals surface area contributed by atoms with Crippen molar-refractivity contribution in [2.24, 2.45) is 5.92 Å². The van der Waals surface area contributed by atoms with Gasteiger partial charge >= 0.3 is 0 Å². The van der Waals surface area contributed by atoms with Crippen molar-refractivity contribution in [1.82, 2.24) is 10.2 Å². The lowest BCUT2D eigenvalue weighted by Gasteiger charge is -2.30. The molecular weight excluding hydrogens is 266 g/mol. The van der Waals surface area contributed by atoms with Crippen LogP contribution in [0.2, 0.25) is 0 Å². The van der Waals surface area contributed by atoms with Crippen LogP contribution in [0.25, 0.3) is 0 Å². The Morgan fingerprint density at radius 2 is 2.20 bits per heavy atom. The van der Waals surface area contributed by atoms with E-state index in [1.165, 1.54) is 37.1 Å². The predicted molar refractivity (Wildman–Crippen MR) is 90.4 cm³/mol. The Morgan fingerprint density at radius 3 is 2.95 bits per heavy atom. The van der Waals surface area contributed by atoms with Crippen LogP contribution in [0.1, 0.15) is 24.0 Å². The van der Waals surface area contributed by atoms with Crippen LogP contribution < -0.4 is 10.6 Å². The molecule has 1 heterocycles. The summed E-state index contributed by atoms with van der Waals surface area (Å²) in [7, 11) is 2.19. The Morgan fingerprint density at radius 1 is 1.40 bits per heavy atom. The molecule has 0 spiro atoms. The third kappa shape index (κ3) is 4.46. The van der Waals surface area contributed by atoms with E-state index in [4.69, 9.17) is 12.2 Å². The van der Waals surface area contributed by atoms with Gasteiger partial charge in [-0.15, -0.1) is 0 Å². The van der Waals surface area contributed by atoms with Gasteiger partial charge in [0.05, 0.1) is 0 Å². The second kappa shape index (κ2) is 7.04. The Balaban J connectivity index is 1.82. The highest BCUT2D eigenvalue weighted by Gasteiger charge is 2.17. The predicted octanol–water partition coefficient (Wildman–Crippen LogP) is 2.93. The zero-order valence-electron chi connectivity index (χ0n) is 12.7. The van der Waals surface area contributed by atoms with Gasteiger partial charge in [-0.2, -0.15) is 0 Å². The Hall–Kier alpha value is -1.13. The first-order valence-electron chi connectivity index (χ1n) is 7.35. The molecule has 110 valence electrons. The molecule has 0 radical (unpaired) electrons. The van der Waals surface area contributed by atoms with E-state index in [2.05, 4.69) is 54.6 Å². The first-order valence-corrected chi connectivity index (χ1v) is 7.76. The second-order valence-corrected chi connectivity index (χ2v) is 6.33. The Labute approximate surface area is 127 Å². The second-order valence-electron chi connectivity index (χ2n) is 5.92. The lowest BCUT2D eigenvalue weighted by atomic mass is 9.99. The molecule has 1 aliphatic rings. The van der Waals surface area contributed by atoms with E-state index in [0.717, 1.165) is 17.3 Å². The van der Waals surface area contributed by atoms with E-state index in [1.807, 2.05) is 0 Å². The summed E-state index contributed by atoms with van der Waals surface area (Å²) in [4.78, 5) is 2.40. The molecule has 1 aromatic rings. The van der Waals surface area contributed by atoms with E-state index >= 15 is 0 Å². The fourth-order valence-corrected chi connectivity index (χ4v) is 2.91. The molecular formula is C16H25N3S. The fourth-order valence-electron chi connectivity index (χ4n) is 2.71. The Kier molecular flexibility index (Phi) is 5.38. The van der Waals surface area contributed by atoms with Crippen molar-refractivity contribution < 1.29 is 0 Å². The van der Waals surface area contributed by atoms with Gasteiger partial charge in [-0.25, -0.2) is 0 Å². The number of hydrogen-bond acceptors (Lipinski definition) is 2. The molecule has 1 saturated heterocycles. The standard InChI is InChI=1S/C16H25N3S/c1-12-6-7-13(2)15(9-12)18-16(20)17-10-14-5-4-8-19(3)11-14/h6-7,9,14H,4-5,8,10-11H2,1-3H3,(H2,17,18,20). The smallest absolute Gasteiger partial charge is 0.170 e. The van der Waals surface area contributed by atoms with Crippen molar-refractivity contribution in [1.29, 1.82) is 0 Å². The number of rotatable bonds is 3. The zero-order valence-corrected chi connectivity index (χ0v) is 13.5. The van der Waals surface area contributed by atoms with E-state index in [0.29, 0.717) is 5.92 Å². The molecule has 2 rings (SSSR count). The minimum absolute atomic E-state index is 0.701. The number of aryl methyl sites for hydroxylation is 2. The third-order valence-electron chi connectivity index (χ3n) is 3.91. The van der Waals surface area contributed by atoms with E-state index in [-0.39, 0.29) is 0 Å². The molecule has 1 aromatic carbocycles. The number of nitrogens with zero attached hydrogens (tertiary/aromatic N) is 1. The van der Waals surface area contributed by atoms with Gasteiger partial charge in [0.15, 0.2) is 5.11 Å². The van der Waals surface area contributed by atoms with E-state index in [1.54, 1.807) is 0 Å². The number of piperidine rings is 1. The molecule has 3 nitrogen and oxygen atoms in total.